The van der Waals surface area contributed by atoms with Crippen LogP contribution in [0.2, 0.25) is 0 Å². The Labute approximate surface area is 129 Å². The van der Waals surface area contributed by atoms with E-state index in [9.17, 15) is 0 Å². The molecule has 0 radical (unpaired) electrons. The Morgan fingerprint density at radius 1 is 1.21 bits per heavy atom. The molecule has 0 unspecified atom stereocenters. The number of rotatable bonds is 2. The quantitative estimate of drug-likeness (QED) is 0.925. The van der Waals surface area contributed by atoms with Crippen LogP contribution in [0.15, 0.2) is 30.3 Å². The van der Waals surface area contributed by atoms with Crippen LogP contribution in [0.4, 0.5) is 5.13 Å². The summed E-state index contributed by atoms with van der Waals surface area (Å²) in [5, 5.41) is 0.705. The molecule has 1 aromatic carbocycles. The Bertz CT molecular complexity index is 516. The lowest BCUT2D eigenvalue weighted by Gasteiger charge is -2.25. The normalized spacial score (nSPS) is 14.1. The van der Waals surface area contributed by atoms with E-state index in [0.29, 0.717) is 5.13 Å². The molecule has 19 heavy (non-hydrogen) atoms. The van der Waals surface area contributed by atoms with Gasteiger partial charge in [-0.25, -0.2) is 4.98 Å². The summed E-state index contributed by atoms with van der Waals surface area (Å²) in [6.45, 7) is 3.03. The average molecular weight is 318 g/mol. The van der Waals surface area contributed by atoms with Gasteiger partial charge in [0.15, 0.2) is 5.13 Å². The number of hydrogen-bond acceptors (Lipinski definition) is 4. The number of benzene rings is 1. The first kappa shape index (κ1) is 16.2. The fourth-order valence-electron chi connectivity index (χ4n) is 2.25. The van der Waals surface area contributed by atoms with Crippen molar-refractivity contribution >= 4 is 41.3 Å². The van der Waals surface area contributed by atoms with E-state index in [1.807, 2.05) is 0 Å². The first-order valence-corrected chi connectivity index (χ1v) is 6.63. The lowest BCUT2D eigenvalue weighted by molar-refractivity contribution is 0.244. The number of fused-ring (bicyclic) bond motifs is 1. The van der Waals surface area contributed by atoms with E-state index in [-0.39, 0.29) is 24.8 Å². The van der Waals surface area contributed by atoms with Gasteiger partial charge in [0.05, 0.1) is 5.69 Å². The summed E-state index contributed by atoms with van der Waals surface area (Å²) in [7, 11) is 0. The second-order valence-corrected chi connectivity index (χ2v) is 5.48. The average Bonchev–Trinajstić information content (AvgIpc) is 2.70. The lowest BCUT2D eigenvalue weighted by Crippen LogP contribution is -2.29. The van der Waals surface area contributed by atoms with Crippen molar-refractivity contribution in [1.29, 1.82) is 0 Å². The third kappa shape index (κ3) is 3.83. The molecule has 2 aromatic rings. The van der Waals surface area contributed by atoms with Gasteiger partial charge in [0.1, 0.15) is 0 Å². The molecular weight excluding hydrogens is 301 g/mol. The maximum Gasteiger partial charge on any atom is 0.180 e. The summed E-state index contributed by atoms with van der Waals surface area (Å²) in [5.74, 6) is 0. The van der Waals surface area contributed by atoms with Gasteiger partial charge in [-0.15, -0.1) is 36.2 Å². The highest BCUT2D eigenvalue weighted by Gasteiger charge is 2.19. The molecule has 104 valence electrons. The topological polar surface area (TPSA) is 42.1 Å². The van der Waals surface area contributed by atoms with Gasteiger partial charge in [0.2, 0.25) is 0 Å². The number of aromatic nitrogens is 1. The van der Waals surface area contributed by atoms with Crippen LogP contribution in [0.1, 0.15) is 16.1 Å². The molecule has 2 heterocycles. The van der Waals surface area contributed by atoms with Gasteiger partial charge in [-0.1, -0.05) is 30.3 Å². The van der Waals surface area contributed by atoms with E-state index >= 15 is 0 Å². The summed E-state index contributed by atoms with van der Waals surface area (Å²) in [5.41, 5.74) is 8.28. The Balaban J connectivity index is 0.000000902. The monoisotopic (exact) mass is 317 g/mol. The predicted octanol–water partition coefficient (Wildman–Crippen LogP) is 3.13. The van der Waals surface area contributed by atoms with Crippen molar-refractivity contribution in [3.63, 3.8) is 0 Å². The van der Waals surface area contributed by atoms with E-state index < -0.39 is 0 Å². The summed E-state index contributed by atoms with van der Waals surface area (Å²) >= 11 is 1.64. The van der Waals surface area contributed by atoms with Crippen LogP contribution < -0.4 is 5.73 Å². The van der Waals surface area contributed by atoms with Crippen LogP contribution in [0.3, 0.4) is 0 Å². The van der Waals surface area contributed by atoms with Gasteiger partial charge in [0.25, 0.3) is 0 Å². The Kier molecular flexibility index (Phi) is 6.07. The molecule has 0 amide bonds. The highest BCUT2D eigenvalue weighted by Crippen LogP contribution is 2.26. The molecule has 0 saturated carbocycles. The van der Waals surface area contributed by atoms with E-state index in [4.69, 9.17) is 5.73 Å². The zero-order valence-electron chi connectivity index (χ0n) is 10.4. The van der Waals surface area contributed by atoms with Gasteiger partial charge >= 0.3 is 0 Å². The molecular formula is C13H17Cl2N3S. The van der Waals surface area contributed by atoms with Crippen LogP contribution >= 0.6 is 36.2 Å². The first-order valence-electron chi connectivity index (χ1n) is 5.81. The highest BCUT2D eigenvalue weighted by molar-refractivity contribution is 7.15. The molecule has 3 rings (SSSR count). The van der Waals surface area contributed by atoms with Gasteiger partial charge in [-0.3, -0.25) is 4.90 Å². The molecule has 6 heteroatoms. The van der Waals surface area contributed by atoms with Gasteiger partial charge in [-0.05, 0) is 12.0 Å². The molecule has 1 aromatic heterocycles. The van der Waals surface area contributed by atoms with E-state index in [1.54, 1.807) is 11.3 Å². The number of hydrogen-bond donors (Lipinski definition) is 1. The van der Waals surface area contributed by atoms with Crippen LogP contribution in [0, 0.1) is 0 Å². The number of anilines is 1. The van der Waals surface area contributed by atoms with Gasteiger partial charge in [0, 0.05) is 24.5 Å². The van der Waals surface area contributed by atoms with E-state index in [2.05, 4.69) is 40.2 Å². The van der Waals surface area contributed by atoms with Crippen molar-refractivity contribution in [3.05, 3.63) is 46.5 Å². The second kappa shape index (κ2) is 7.10. The van der Waals surface area contributed by atoms with Crippen molar-refractivity contribution < 1.29 is 0 Å². The summed E-state index contributed by atoms with van der Waals surface area (Å²) < 4.78 is 0. The van der Waals surface area contributed by atoms with Crippen molar-refractivity contribution in [3.8, 4) is 0 Å². The molecule has 0 aliphatic carbocycles. The third-order valence-corrected chi connectivity index (χ3v) is 4.06. The zero-order chi connectivity index (χ0) is 11.7. The minimum atomic E-state index is 0. The Hall–Kier alpha value is -0.810. The summed E-state index contributed by atoms with van der Waals surface area (Å²) in [6.07, 6.45) is 1.08. The van der Waals surface area contributed by atoms with Crippen LogP contribution in [0.5, 0.6) is 0 Å². The number of nitrogen functional groups attached to an aromatic ring is 1. The molecule has 0 fully saturated rings. The molecule has 0 spiro atoms. The van der Waals surface area contributed by atoms with E-state index in [1.165, 1.54) is 16.1 Å². The maximum absolute atomic E-state index is 5.75. The molecule has 2 N–H and O–H groups in total. The standard InChI is InChI=1S/C13H15N3S.2ClH/c14-13-15-11-9-16(7-6-12(11)17-13)8-10-4-2-1-3-5-10;;/h1-5H,6-9H2,(H2,14,15);2*1H. The molecule has 0 saturated heterocycles. The number of nitrogens with zero attached hydrogens (tertiary/aromatic N) is 2. The molecule has 1 aliphatic heterocycles. The number of nitrogens with two attached hydrogens (primary N) is 1. The van der Waals surface area contributed by atoms with E-state index in [0.717, 1.165) is 26.1 Å². The lowest BCUT2D eigenvalue weighted by atomic mass is 10.1. The number of halogens is 2. The van der Waals surface area contributed by atoms with Crippen molar-refractivity contribution in [2.45, 2.75) is 19.5 Å². The van der Waals surface area contributed by atoms with Crippen molar-refractivity contribution in [2.75, 3.05) is 12.3 Å². The Morgan fingerprint density at radius 3 is 2.68 bits per heavy atom. The van der Waals surface area contributed by atoms with Gasteiger partial charge in [-0.2, -0.15) is 0 Å². The van der Waals surface area contributed by atoms with Crippen LogP contribution in [0.25, 0.3) is 0 Å². The Morgan fingerprint density at radius 2 is 1.95 bits per heavy atom. The fraction of sp³-hybridized carbons (Fsp3) is 0.308. The smallest absolute Gasteiger partial charge is 0.180 e. The SMILES string of the molecule is Cl.Cl.Nc1nc2c(s1)CCN(Cc1ccccc1)C2. The zero-order valence-corrected chi connectivity index (χ0v) is 12.9. The summed E-state index contributed by atoms with van der Waals surface area (Å²) in [4.78, 5) is 8.19. The van der Waals surface area contributed by atoms with Crippen molar-refractivity contribution in [2.24, 2.45) is 0 Å². The third-order valence-electron chi connectivity index (χ3n) is 3.07. The number of thiazole rings is 1. The fourth-order valence-corrected chi connectivity index (χ4v) is 3.08. The second-order valence-electron chi connectivity index (χ2n) is 4.37. The molecule has 3 nitrogen and oxygen atoms in total. The highest BCUT2D eigenvalue weighted by atomic mass is 35.5. The minimum Gasteiger partial charge on any atom is -0.375 e. The van der Waals surface area contributed by atoms with Crippen LogP contribution in [-0.4, -0.2) is 16.4 Å². The molecule has 1 aliphatic rings. The molecule has 0 bridgehead atoms. The predicted molar refractivity (Wildman–Crippen MR) is 85.3 cm³/mol. The van der Waals surface area contributed by atoms with Crippen LogP contribution in [-0.2, 0) is 19.5 Å². The van der Waals surface area contributed by atoms with Gasteiger partial charge < -0.3 is 5.73 Å². The molecule has 0 atom stereocenters. The minimum absolute atomic E-state index is 0. The first-order chi connectivity index (χ1) is 8.31. The largest absolute Gasteiger partial charge is 0.375 e. The van der Waals surface area contributed by atoms with Crippen molar-refractivity contribution in [1.82, 2.24) is 9.88 Å². The maximum atomic E-state index is 5.75. The summed E-state index contributed by atoms with van der Waals surface area (Å²) in [6, 6.07) is 10.6.